The molecule has 0 saturated carbocycles. The molecule has 3 aromatic rings. The summed E-state index contributed by atoms with van der Waals surface area (Å²) < 4.78 is 52.7. The van der Waals surface area contributed by atoms with Crippen LogP contribution in [0.1, 0.15) is 12.0 Å². The first-order valence-corrected chi connectivity index (χ1v) is 12.1. The van der Waals surface area contributed by atoms with Crippen LogP contribution in [0.5, 0.6) is 11.5 Å². The van der Waals surface area contributed by atoms with Gasteiger partial charge in [-0.3, -0.25) is 9.10 Å². The van der Waals surface area contributed by atoms with Gasteiger partial charge in [-0.2, -0.15) is 0 Å². The van der Waals surface area contributed by atoms with E-state index in [1.165, 1.54) is 50.6 Å². The minimum Gasteiger partial charge on any atom is -0.493 e. The van der Waals surface area contributed by atoms with Crippen LogP contribution in [0.15, 0.2) is 77.7 Å². The Kier molecular flexibility index (Phi) is 8.48. The minimum atomic E-state index is -4.31. The maximum Gasteiger partial charge on any atom is 0.265 e. The molecule has 0 aromatic heterocycles. The van der Waals surface area contributed by atoms with E-state index in [0.29, 0.717) is 18.7 Å². The summed E-state index contributed by atoms with van der Waals surface area (Å²) in [6, 6.07) is 19.3. The maximum atomic E-state index is 14.6. The zero-order chi connectivity index (χ0) is 24.6. The van der Waals surface area contributed by atoms with Crippen LogP contribution in [0.25, 0.3) is 0 Å². The van der Waals surface area contributed by atoms with E-state index in [-0.39, 0.29) is 16.3 Å². The number of hydrogen-bond acceptors (Lipinski definition) is 5. The molecule has 180 valence electrons. The van der Waals surface area contributed by atoms with Crippen molar-refractivity contribution in [2.75, 3.05) is 31.6 Å². The third-order valence-corrected chi connectivity index (χ3v) is 6.91. The fraction of sp³-hybridized carbons (Fsp3) is 0.240. The molecule has 7 nitrogen and oxygen atoms in total. The molecule has 0 heterocycles. The van der Waals surface area contributed by atoms with Gasteiger partial charge < -0.3 is 14.8 Å². The Morgan fingerprint density at radius 1 is 0.941 bits per heavy atom. The Labute approximate surface area is 199 Å². The van der Waals surface area contributed by atoms with E-state index < -0.39 is 28.3 Å². The molecule has 0 aliphatic carbocycles. The average Bonchev–Trinajstić information content (AvgIpc) is 2.85. The van der Waals surface area contributed by atoms with Crippen LogP contribution < -0.4 is 19.1 Å². The van der Waals surface area contributed by atoms with E-state index in [4.69, 9.17) is 9.47 Å². The summed E-state index contributed by atoms with van der Waals surface area (Å²) in [5.74, 6) is -0.763. The second-order valence-corrected chi connectivity index (χ2v) is 9.28. The number of halogens is 1. The minimum absolute atomic E-state index is 0.162. The molecule has 9 heteroatoms. The zero-order valence-corrected chi connectivity index (χ0v) is 19.8. The summed E-state index contributed by atoms with van der Waals surface area (Å²) in [5.41, 5.74) is 0.914. The van der Waals surface area contributed by atoms with Crippen LogP contribution in [-0.2, 0) is 21.2 Å². The SMILES string of the molecule is COc1ccc(S(=O)(=O)N(CC(=O)NCCCc2ccccc2)c2ccccc2F)cc1OC. The molecular formula is C25H27FN2O5S. The number of para-hydroxylation sites is 1. The van der Waals surface area contributed by atoms with E-state index in [0.717, 1.165) is 22.4 Å². The number of hydrogen-bond donors (Lipinski definition) is 1. The van der Waals surface area contributed by atoms with E-state index in [2.05, 4.69) is 5.32 Å². The highest BCUT2D eigenvalue weighted by Gasteiger charge is 2.30. The van der Waals surface area contributed by atoms with Crippen LogP contribution >= 0.6 is 0 Å². The maximum absolute atomic E-state index is 14.6. The van der Waals surface area contributed by atoms with Crippen molar-refractivity contribution in [1.82, 2.24) is 5.32 Å². The van der Waals surface area contributed by atoms with Crippen LogP contribution in [0.3, 0.4) is 0 Å². The number of benzene rings is 3. The van der Waals surface area contributed by atoms with Crippen molar-refractivity contribution < 1.29 is 27.1 Å². The van der Waals surface area contributed by atoms with Crippen LogP contribution in [0.4, 0.5) is 10.1 Å². The summed E-state index contributed by atoms with van der Waals surface area (Å²) in [4.78, 5) is 12.5. The third-order valence-electron chi connectivity index (χ3n) is 5.16. The Hall–Kier alpha value is -3.59. The quantitative estimate of drug-likeness (QED) is 0.417. The first-order chi connectivity index (χ1) is 16.4. The number of rotatable bonds is 11. The molecule has 0 aliphatic heterocycles. The van der Waals surface area contributed by atoms with Crippen molar-refractivity contribution in [3.63, 3.8) is 0 Å². The lowest BCUT2D eigenvalue weighted by Gasteiger charge is -2.25. The number of sulfonamides is 1. The number of anilines is 1. The fourth-order valence-electron chi connectivity index (χ4n) is 3.41. The standard InChI is InChI=1S/C25H27FN2O5S/c1-32-23-15-14-20(17-24(23)33-2)34(30,31)28(22-13-7-6-12-21(22)26)18-25(29)27-16-8-11-19-9-4-3-5-10-19/h3-7,9-10,12-15,17H,8,11,16,18H2,1-2H3,(H,27,29). The molecule has 0 bridgehead atoms. The molecule has 3 rings (SSSR count). The van der Waals surface area contributed by atoms with Crippen LogP contribution in [-0.4, -0.2) is 41.6 Å². The molecule has 0 aliphatic rings. The normalized spacial score (nSPS) is 11.0. The van der Waals surface area contributed by atoms with Gasteiger partial charge in [-0.15, -0.1) is 0 Å². The highest BCUT2D eigenvalue weighted by atomic mass is 32.2. The van der Waals surface area contributed by atoms with Gasteiger partial charge in [-0.1, -0.05) is 42.5 Å². The Balaban J connectivity index is 1.80. The molecule has 0 spiro atoms. The van der Waals surface area contributed by atoms with Gasteiger partial charge in [0, 0.05) is 12.6 Å². The fourth-order valence-corrected chi connectivity index (χ4v) is 4.85. The van der Waals surface area contributed by atoms with Crippen LogP contribution in [0, 0.1) is 5.82 Å². The van der Waals surface area contributed by atoms with Gasteiger partial charge in [0.2, 0.25) is 5.91 Å². The van der Waals surface area contributed by atoms with Gasteiger partial charge >= 0.3 is 0 Å². The van der Waals surface area contributed by atoms with Crippen molar-refractivity contribution in [3.05, 3.63) is 84.2 Å². The number of nitrogens with zero attached hydrogens (tertiary/aromatic N) is 1. The Bertz CT molecular complexity index is 1220. The number of nitrogens with one attached hydrogen (secondary N) is 1. The van der Waals surface area contributed by atoms with E-state index in [9.17, 15) is 17.6 Å². The van der Waals surface area contributed by atoms with Crippen LogP contribution in [0.2, 0.25) is 0 Å². The number of carbonyl (C=O) groups is 1. The largest absolute Gasteiger partial charge is 0.493 e. The first-order valence-electron chi connectivity index (χ1n) is 10.7. The number of methoxy groups -OCH3 is 2. The second kappa shape index (κ2) is 11.5. The molecule has 34 heavy (non-hydrogen) atoms. The average molecular weight is 487 g/mol. The number of ether oxygens (including phenoxy) is 2. The van der Waals surface area contributed by atoms with Crippen molar-refractivity contribution in [2.24, 2.45) is 0 Å². The molecule has 3 aromatic carbocycles. The van der Waals surface area contributed by atoms with Crippen molar-refractivity contribution >= 4 is 21.6 Å². The van der Waals surface area contributed by atoms with Gasteiger partial charge in [0.05, 0.1) is 24.8 Å². The van der Waals surface area contributed by atoms with E-state index >= 15 is 0 Å². The van der Waals surface area contributed by atoms with Crippen molar-refractivity contribution in [1.29, 1.82) is 0 Å². The molecule has 0 radical (unpaired) electrons. The van der Waals surface area contributed by atoms with Crippen molar-refractivity contribution in [3.8, 4) is 11.5 Å². The Morgan fingerprint density at radius 3 is 2.29 bits per heavy atom. The van der Waals surface area contributed by atoms with Gasteiger partial charge in [-0.05, 0) is 42.7 Å². The first kappa shape index (κ1) is 25.0. The monoisotopic (exact) mass is 486 g/mol. The van der Waals surface area contributed by atoms with Gasteiger partial charge in [0.25, 0.3) is 10.0 Å². The second-order valence-electron chi connectivity index (χ2n) is 7.42. The third kappa shape index (κ3) is 6.05. The lowest BCUT2D eigenvalue weighted by molar-refractivity contribution is -0.119. The van der Waals surface area contributed by atoms with Crippen molar-refractivity contribution in [2.45, 2.75) is 17.7 Å². The molecular weight excluding hydrogens is 459 g/mol. The summed E-state index contributed by atoms with van der Waals surface area (Å²) >= 11 is 0. The van der Waals surface area contributed by atoms with Gasteiger partial charge in [-0.25, -0.2) is 12.8 Å². The molecule has 0 unspecified atom stereocenters. The zero-order valence-electron chi connectivity index (χ0n) is 19.0. The topological polar surface area (TPSA) is 84.9 Å². The van der Waals surface area contributed by atoms with Gasteiger partial charge in [0.15, 0.2) is 11.5 Å². The molecule has 0 atom stereocenters. The molecule has 0 saturated heterocycles. The van der Waals surface area contributed by atoms with E-state index in [1.54, 1.807) is 0 Å². The molecule has 1 N–H and O–H groups in total. The predicted molar refractivity (Wildman–Crippen MR) is 128 cm³/mol. The Morgan fingerprint density at radius 2 is 1.62 bits per heavy atom. The van der Waals surface area contributed by atoms with E-state index in [1.807, 2.05) is 30.3 Å². The highest BCUT2D eigenvalue weighted by Crippen LogP contribution is 2.32. The predicted octanol–water partition coefficient (Wildman–Crippen LogP) is 3.79. The lowest BCUT2D eigenvalue weighted by atomic mass is 10.1. The summed E-state index contributed by atoms with van der Waals surface area (Å²) in [6.45, 7) is -0.224. The highest BCUT2D eigenvalue weighted by molar-refractivity contribution is 7.92. The summed E-state index contributed by atoms with van der Waals surface area (Å²) in [6.07, 6.45) is 1.44. The number of amides is 1. The lowest BCUT2D eigenvalue weighted by Crippen LogP contribution is -2.41. The number of aryl methyl sites for hydroxylation is 1. The number of carbonyl (C=O) groups excluding carboxylic acids is 1. The smallest absolute Gasteiger partial charge is 0.265 e. The summed E-state index contributed by atoms with van der Waals surface area (Å²) in [5, 5.41) is 2.72. The summed E-state index contributed by atoms with van der Waals surface area (Å²) in [7, 11) is -1.49. The van der Waals surface area contributed by atoms with Gasteiger partial charge in [0.1, 0.15) is 12.4 Å². The molecule has 1 amide bonds. The molecule has 0 fully saturated rings.